The minimum absolute atomic E-state index is 0.0374. The molecular formula is C18H23N3O4. The highest BCUT2D eigenvalue weighted by atomic mass is 16.3. The Balaban J connectivity index is 1.77. The maximum Gasteiger partial charge on any atom is 0.329 e. The second-order valence-electron chi connectivity index (χ2n) is 7.62. The fourth-order valence-corrected chi connectivity index (χ4v) is 3.68. The average Bonchev–Trinajstić information content (AvgIpc) is 2.85. The number of urea groups is 1. The summed E-state index contributed by atoms with van der Waals surface area (Å²) in [5.41, 5.74) is -0.675. The van der Waals surface area contributed by atoms with Gasteiger partial charge in [-0.15, -0.1) is 0 Å². The molecule has 0 radical (unpaired) electrons. The van der Waals surface area contributed by atoms with Gasteiger partial charge >= 0.3 is 6.03 Å². The fraction of sp³-hybridized carbons (Fsp3) is 0.500. The van der Waals surface area contributed by atoms with Gasteiger partial charge in [0.15, 0.2) is 0 Å². The third-order valence-corrected chi connectivity index (χ3v) is 4.84. The van der Waals surface area contributed by atoms with E-state index in [0.29, 0.717) is 24.2 Å². The number of imide groups is 1. The standard InChI is InChI=1S/C18H23N3O4/c1-17(2)7-4-8-18(25,11-17)15(23)20-12-5-3-6-13(9-12)21-14(22)10-19-16(21)24/h3,5-6,9,25H,4,7-8,10-11H2,1-2H3,(H,19,24)(H,20,23). The van der Waals surface area contributed by atoms with E-state index in [1.807, 2.05) is 13.8 Å². The van der Waals surface area contributed by atoms with Crippen molar-refractivity contribution in [3.8, 4) is 0 Å². The minimum atomic E-state index is -1.40. The van der Waals surface area contributed by atoms with E-state index in [4.69, 9.17) is 0 Å². The molecule has 25 heavy (non-hydrogen) atoms. The topological polar surface area (TPSA) is 98.7 Å². The third kappa shape index (κ3) is 3.51. The second kappa shape index (κ2) is 6.15. The highest BCUT2D eigenvalue weighted by molar-refractivity contribution is 6.20. The predicted octanol–water partition coefficient (Wildman–Crippen LogP) is 2.01. The van der Waals surface area contributed by atoms with Gasteiger partial charge in [0.25, 0.3) is 11.8 Å². The van der Waals surface area contributed by atoms with Crippen LogP contribution in [0.3, 0.4) is 0 Å². The molecule has 1 heterocycles. The first-order chi connectivity index (χ1) is 11.7. The molecular weight excluding hydrogens is 322 g/mol. The third-order valence-electron chi connectivity index (χ3n) is 4.84. The summed E-state index contributed by atoms with van der Waals surface area (Å²) < 4.78 is 0. The van der Waals surface area contributed by atoms with Crippen LogP contribution in [0.25, 0.3) is 0 Å². The lowest BCUT2D eigenvalue weighted by atomic mass is 9.69. The summed E-state index contributed by atoms with van der Waals surface area (Å²) in [5, 5.41) is 15.9. The number of anilines is 2. The highest BCUT2D eigenvalue weighted by Crippen LogP contribution is 2.41. The first kappa shape index (κ1) is 17.4. The Morgan fingerprint density at radius 2 is 2.04 bits per heavy atom. The molecule has 2 fully saturated rings. The first-order valence-electron chi connectivity index (χ1n) is 8.45. The number of benzene rings is 1. The molecule has 3 rings (SSSR count). The molecule has 1 saturated carbocycles. The number of amides is 4. The van der Waals surface area contributed by atoms with Crippen LogP contribution in [0.1, 0.15) is 39.5 Å². The van der Waals surface area contributed by atoms with E-state index in [0.717, 1.165) is 17.7 Å². The number of nitrogens with one attached hydrogen (secondary N) is 2. The van der Waals surface area contributed by atoms with Crippen molar-refractivity contribution in [1.29, 1.82) is 0 Å². The first-order valence-corrected chi connectivity index (χ1v) is 8.45. The van der Waals surface area contributed by atoms with Crippen molar-refractivity contribution in [2.75, 3.05) is 16.8 Å². The molecule has 1 unspecified atom stereocenters. The van der Waals surface area contributed by atoms with Crippen LogP contribution in [-0.4, -0.2) is 35.1 Å². The Morgan fingerprint density at radius 1 is 1.28 bits per heavy atom. The number of aliphatic hydroxyl groups is 1. The van der Waals surface area contributed by atoms with E-state index in [1.165, 1.54) is 0 Å². The van der Waals surface area contributed by atoms with Gasteiger partial charge in [0.2, 0.25) is 0 Å². The quantitative estimate of drug-likeness (QED) is 0.730. The summed E-state index contributed by atoms with van der Waals surface area (Å²) in [7, 11) is 0. The molecule has 1 saturated heterocycles. The monoisotopic (exact) mass is 345 g/mol. The molecule has 2 aliphatic rings. The van der Waals surface area contributed by atoms with E-state index in [1.54, 1.807) is 24.3 Å². The van der Waals surface area contributed by atoms with Crippen molar-refractivity contribution < 1.29 is 19.5 Å². The van der Waals surface area contributed by atoms with E-state index >= 15 is 0 Å². The molecule has 1 aliphatic heterocycles. The molecule has 4 amide bonds. The summed E-state index contributed by atoms with van der Waals surface area (Å²) in [6.45, 7) is 4.05. The number of carbonyl (C=O) groups is 3. The second-order valence-corrected chi connectivity index (χ2v) is 7.62. The summed E-state index contributed by atoms with van der Waals surface area (Å²) >= 11 is 0. The van der Waals surface area contributed by atoms with Gasteiger partial charge in [-0.05, 0) is 49.3 Å². The molecule has 0 aromatic heterocycles. The number of hydrogen-bond acceptors (Lipinski definition) is 4. The van der Waals surface area contributed by atoms with Crippen LogP contribution in [-0.2, 0) is 9.59 Å². The Labute approximate surface area is 146 Å². The lowest BCUT2D eigenvalue weighted by molar-refractivity contribution is -0.141. The average molecular weight is 345 g/mol. The highest BCUT2D eigenvalue weighted by Gasteiger charge is 2.44. The lowest BCUT2D eigenvalue weighted by Crippen LogP contribution is -2.48. The molecule has 0 spiro atoms. The van der Waals surface area contributed by atoms with Gasteiger partial charge in [-0.25, -0.2) is 9.69 Å². The van der Waals surface area contributed by atoms with Crippen molar-refractivity contribution in [2.24, 2.45) is 5.41 Å². The zero-order valence-corrected chi connectivity index (χ0v) is 14.5. The van der Waals surface area contributed by atoms with Crippen LogP contribution in [0.15, 0.2) is 24.3 Å². The molecule has 1 aromatic rings. The van der Waals surface area contributed by atoms with Crippen LogP contribution in [0, 0.1) is 5.41 Å². The van der Waals surface area contributed by atoms with Gasteiger partial charge < -0.3 is 15.7 Å². The molecule has 1 atom stereocenters. The zero-order chi connectivity index (χ0) is 18.2. The summed E-state index contributed by atoms with van der Waals surface area (Å²) in [4.78, 5) is 37.2. The Bertz CT molecular complexity index is 715. The molecule has 1 aromatic carbocycles. The molecule has 1 aliphatic carbocycles. The van der Waals surface area contributed by atoms with Crippen molar-refractivity contribution in [1.82, 2.24) is 5.32 Å². The summed E-state index contributed by atoms with van der Waals surface area (Å²) in [6, 6.07) is 6.01. The summed E-state index contributed by atoms with van der Waals surface area (Å²) in [6.07, 6.45) is 2.59. The van der Waals surface area contributed by atoms with E-state index in [9.17, 15) is 19.5 Å². The van der Waals surface area contributed by atoms with Crippen LogP contribution in [0.5, 0.6) is 0 Å². The summed E-state index contributed by atoms with van der Waals surface area (Å²) in [5.74, 6) is -0.796. The molecule has 7 nitrogen and oxygen atoms in total. The van der Waals surface area contributed by atoms with Gasteiger partial charge in [0.05, 0.1) is 12.2 Å². The Morgan fingerprint density at radius 3 is 2.68 bits per heavy atom. The maximum absolute atomic E-state index is 12.6. The minimum Gasteiger partial charge on any atom is -0.380 e. The zero-order valence-electron chi connectivity index (χ0n) is 14.5. The normalized spacial score (nSPS) is 25.6. The number of nitrogens with zero attached hydrogens (tertiary/aromatic N) is 1. The molecule has 134 valence electrons. The maximum atomic E-state index is 12.6. The van der Waals surface area contributed by atoms with Crippen molar-refractivity contribution in [2.45, 2.75) is 45.1 Å². The van der Waals surface area contributed by atoms with Crippen LogP contribution in [0.2, 0.25) is 0 Å². The Kier molecular flexibility index (Phi) is 4.28. The van der Waals surface area contributed by atoms with Gasteiger partial charge in [-0.3, -0.25) is 9.59 Å². The smallest absolute Gasteiger partial charge is 0.329 e. The van der Waals surface area contributed by atoms with E-state index < -0.39 is 17.5 Å². The van der Waals surface area contributed by atoms with Crippen molar-refractivity contribution in [3.63, 3.8) is 0 Å². The number of hydrogen-bond donors (Lipinski definition) is 3. The van der Waals surface area contributed by atoms with Gasteiger partial charge in [0.1, 0.15) is 5.60 Å². The van der Waals surface area contributed by atoms with Crippen molar-refractivity contribution in [3.05, 3.63) is 24.3 Å². The van der Waals surface area contributed by atoms with Gasteiger partial charge in [0, 0.05) is 5.69 Å². The van der Waals surface area contributed by atoms with E-state index in [-0.39, 0.29) is 17.9 Å². The van der Waals surface area contributed by atoms with Crippen LogP contribution >= 0.6 is 0 Å². The number of rotatable bonds is 3. The van der Waals surface area contributed by atoms with Gasteiger partial charge in [-0.2, -0.15) is 0 Å². The lowest BCUT2D eigenvalue weighted by Gasteiger charge is -2.40. The fourth-order valence-electron chi connectivity index (χ4n) is 3.68. The van der Waals surface area contributed by atoms with Crippen LogP contribution in [0.4, 0.5) is 16.2 Å². The largest absolute Gasteiger partial charge is 0.380 e. The molecule has 7 heteroatoms. The number of carbonyl (C=O) groups excluding carboxylic acids is 3. The van der Waals surface area contributed by atoms with Gasteiger partial charge in [-0.1, -0.05) is 19.9 Å². The predicted molar refractivity (Wildman–Crippen MR) is 93.2 cm³/mol. The SMILES string of the molecule is CC1(C)CCCC(O)(C(=O)Nc2cccc(N3C(=O)CNC3=O)c2)C1. The van der Waals surface area contributed by atoms with E-state index in [2.05, 4.69) is 10.6 Å². The van der Waals surface area contributed by atoms with Crippen LogP contribution < -0.4 is 15.5 Å². The van der Waals surface area contributed by atoms with Crippen molar-refractivity contribution >= 4 is 29.2 Å². The molecule has 3 N–H and O–H groups in total. The molecule has 0 bridgehead atoms. The Hall–Kier alpha value is -2.41.